The lowest BCUT2D eigenvalue weighted by Crippen LogP contribution is -2.42. The standard InChI is InChI=1S/C15H19N3O4S/c1-9-2-7-12(23(21,22)18-11-5-6-11)8-13(9)15(20)17-16-14(19)10-3-4-10/h2,7-8,10-11,18H,3-6H2,1H3,(H,16,19)(H,17,20). The molecule has 124 valence electrons. The summed E-state index contributed by atoms with van der Waals surface area (Å²) in [5, 5.41) is 0. The van der Waals surface area contributed by atoms with Crippen LogP contribution in [0.4, 0.5) is 0 Å². The zero-order valence-corrected chi connectivity index (χ0v) is 13.6. The van der Waals surface area contributed by atoms with Crippen molar-refractivity contribution < 1.29 is 18.0 Å². The van der Waals surface area contributed by atoms with Crippen molar-refractivity contribution in [2.45, 2.75) is 43.5 Å². The maximum Gasteiger partial charge on any atom is 0.269 e. The molecule has 2 saturated carbocycles. The van der Waals surface area contributed by atoms with Crippen molar-refractivity contribution in [3.8, 4) is 0 Å². The summed E-state index contributed by atoms with van der Waals surface area (Å²) in [4.78, 5) is 23.8. The molecule has 0 bridgehead atoms. The Morgan fingerprint density at radius 3 is 2.39 bits per heavy atom. The molecular formula is C15H19N3O4S. The molecule has 23 heavy (non-hydrogen) atoms. The molecule has 0 saturated heterocycles. The van der Waals surface area contributed by atoms with Gasteiger partial charge in [-0.3, -0.25) is 20.4 Å². The quantitative estimate of drug-likeness (QED) is 0.685. The molecule has 0 unspecified atom stereocenters. The van der Waals surface area contributed by atoms with Gasteiger partial charge in [-0.25, -0.2) is 13.1 Å². The first kappa shape index (κ1) is 15.9. The summed E-state index contributed by atoms with van der Waals surface area (Å²) in [6.45, 7) is 1.71. The minimum atomic E-state index is -3.62. The number of aryl methyl sites for hydroxylation is 1. The molecule has 8 heteroatoms. The van der Waals surface area contributed by atoms with Crippen LogP contribution < -0.4 is 15.6 Å². The van der Waals surface area contributed by atoms with E-state index >= 15 is 0 Å². The van der Waals surface area contributed by atoms with Crippen LogP contribution in [0.15, 0.2) is 23.1 Å². The van der Waals surface area contributed by atoms with Crippen LogP contribution in [0.1, 0.15) is 41.6 Å². The molecule has 0 atom stereocenters. The number of sulfonamides is 1. The summed E-state index contributed by atoms with van der Waals surface area (Å²) in [5.74, 6) is -0.763. The van der Waals surface area contributed by atoms with Crippen molar-refractivity contribution in [2.75, 3.05) is 0 Å². The Morgan fingerprint density at radius 1 is 1.09 bits per heavy atom. The van der Waals surface area contributed by atoms with E-state index in [9.17, 15) is 18.0 Å². The molecule has 2 aliphatic carbocycles. The topological polar surface area (TPSA) is 104 Å². The van der Waals surface area contributed by atoms with Crippen LogP contribution in [-0.2, 0) is 14.8 Å². The summed E-state index contributed by atoms with van der Waals surface area (Å²) in [7, 11) is -3.62. The van der Waals surface area contributed by atoms with Gasteiger partial charge in [-0.1, -0.05) is 6.07 Å². The van der Waals surface area contributed by atoms with Gasteiger partial charge in [0.2, 0.25) is 15.9 Å². The van der Waals surface area contributed by atoms with Crippen LogP contribution >= 0.6 is 0 Å². The highest BCUT2D eigenvalue weighted by molar-refractivity contribution is 7.89. The van der Waals surface area contributed by atoms with Crippen LogP contribution in [-0.4, -0.2) is 26.3 Å². The second-order valence-corrected chi connectivity index (χ2v) is 7.80. The summed E-state index contributed by atoms with van der Waals surface area (Å²) < 4.78 is 27.0. The number of rotatable bonds is 5. The highest BCUT2D eigenvalue weighted by atomic mass is 32.2. The molecule has 0 radical (unpaired) electrons. The van der Waals surface area contributed by atoms with E-state index in [-0.39, 0.29) is 28.3 Å². The molecular weight excluding hydrogens is 318 g/mol. The van der Waals surface area contributed by atoms with Gasteiger partial charge >= 0.3 is 0 Å². The number of benzene rings is 1. The van der Waals surface area contributed by atoms with Crippen molar-refractivity contribution in [2.24, 2.45) is 5.92 Å². The average Bonchev–Trinajstić information content (AvgIpc) is 3.37. The van der Waals surface area contributed by atoms with Crippen LogP contribution in [0.25, 0.3) is 0 Å². The molecule has 3 rings (SSSR count). The van der Waals surface area contributed by atoms with Gasteiger partial charge in [0, 0.05) is 17.5 Å². The van der Waals surface area contributed by atoms with Gasteiger partial charge in [-0.05, 0) is 50.3 Å². The lowest BCUT2D eigenvalue weighted by molar-refractivity contribution is -0.123. The molecule has 2 fully saturated rings. The zero-order valence-electron chi connectivity index (χ0n) is 12.8. The number of hydrogen-bond donors (Lipinski definition) is 3. The predicted molar refractivity (Wildman–Crippen MR) is 82.9 cm³/mol. The monoisotopic (exact) mass is 337 g/mol. The van der Waals surface area contributed by atoms with Gasteiger partial charge in [0.15, 0.2) is 0 Å². The second kappa shape index (κ2) is 5.93. The molecule has 0 spiro atoms. The van der Waals surface area contributed by atoms with Gasteiger partial charge in [0.25, 0.3) is 5.91 Å². The fourth-order valence-electron chi connectivity index (χ4n) is 2.13. The molecule has 7 nitrogen and oxygen atoms in total. The Balaban J connectivity index is 1.73. The zero-order chi connectivity index (χ0) is 16.6. The fourth-order valence-corrected chi connectivity index (χ4v) is 3.47. The predicted octanol–water partition coefficient (Wildman–Crippen LogP) is 0.607. The van der Waals surface area contributed by atoms with Crippen molar-refractivity contribution >= 4 is 21.8 Å². The fraction of sp³-hybridized carbons (Fsp3) is 0.467. The third-order valence-corrected chi connectivity index (χ3v) is 5.43. The first-order chi connectivity index (χ1) is 10.9. The molecule has 0 aromatic heterocycles. The van der Waals surface area contributed by atoms with Gasteiger partial charge in [0.05, 0.1) is 4.90 Å². The number of hydrazine groups is 1. The van der Waals surface area contributed by atoms with E-state index in [4.69, 9.17) is 0 Å². The lowest BCUT2D eigenvalue weighted by atomic mass is 10.1. The minimum Gasteiger partial charge on any atom is -0.273 e. The Labute approximate surface area is 134 Å². The normalized spacial score (nSPS) is 17.6. The number of hydrogen-bond acceptors (Lipinski definition) is 4. The van der Waals surface area contributed by atoms with E-state index in [1.54, 1.807) is 13.0 Å². The number of nitrogens with one attached hydrogen (secondary N) is 3. The minimum absolute atomic E-state index is 0.00332. The van der Waals surface area contributed by atoms with E-state index < -0.39 is 15.9 Å². The first-order valence-electron chi connectivity index (χ1n) is 7.60. The Hall–Kier alpha value is -1.93. The highest BCUT2D eigenvalue weighted by Gasteiger charge is 2.30. The van der Waals surface area contributed by atoms with Gasteiger partial charge in [0.1, 0.15) is 0 Å². The smallest absolute Gasteiger partial charge is 0.269 e. The molecule has 2 aliphatic rings. The molecule has 1 aromatic rings. The van der Waals surface area contributed by atoms with Crippen molar-refractivity contribution in [3.05, 3.63) is 29.3 Å². The van der Waals surface area contributed by atoms with Gasteiger partial charge < -0.3 is 0 Å². The van der Waals surface area contributed by atoms with E-state index in [0.29, 0.717) is 5.56 Å². The molecule has 1 aromatic carbocycles. The lowest BCUT2D eigenvalue weighted by Gasteiger charge is -2.11. The summed E-state index contributed by atoms with van der Waals surface area (Å²) in [6, 6.07) is 4.38. The van der Waals surface area contributed by atoms with Crippen LogP contribution in [0.3, 0.4) is 0 Å². The highest BCUT2D eigenvalue weighted by Crippen LogP contribution is 2.28. The summed E-state index contributed by atoms with van der Waals surface area (Å²) in [5.41, 5.74) is 5.56. The van der Waals surface area contributed by atoms with E-state index in [2.05, 4.69) is 15.6 Å². The maximum atomic E-state index is 12.2. The van der Waals surface area contributed by atoms with Crippen LogP contribution in [0.2, 0.25) is 0 Å². The van der Waals surface area contributed by atoms with Crippen molar-refractivity contribution in [3.63, 3.8) is 0 Å². The Kier molecular flexibility index (Phi) is 4.11. The Bertz CT molecular complexity index is 752. The van der Waals surface area contributed by atoms with E-state index in [1.807, 2.05) is 0 Å². The Morgan fingerprint density at radius 2 is 1.78 bits per heavy atom. The molecule has 0 heterocycles. The number of amides is 2. The third-order valence-electron chi connectivity index (χ3n) is 3.91. The summed E-state index contributed by atoms with van der Waals surface area (Å²) in [6.07, 6.45) is 3.35. The van der Waals surface area contributed by atoms with Crippen LogP contribution in [0, 0.1) is 12.8 Å². The summed E-state index contributed by atoms with van der Waals surface area (Å²) >= 11 is 0. The van der Waals surface area contributed by atoms with Gasteiger partial charge in [-0.2, -0.15) is 0 Å². The molecule has 2 amide bonds. The molecule has 3 N–H and O–H groups in total. The molecule has 0 aliphatic heterocycles. The maximum absolute atomic E-state index is 12.2. The van der Waals surface area contributed by atoms with Crippen LogP contribution in [0.5, 0.6) is 0 Å². The first-order valence-corrected chi connectivity index (χ1v) is 9.08. The van der Waals surface area contributed by atoms with Crippen molar-refractivity contribution in [1.29, 1.82) is 0 Å². The SMILES string of the molecule is Cc1ccc(S(=O)(=O)NC2CC2)cc1C(=O)NNC(=O)C1CC1. The van der Waals surface area contributed by atoms with Crippen molar-refractivity contribution in [1.82, 2.24) is 15.6 Å². The third kappa shape index (κ3) is 3.89. The largest absolute Gasteiger partial charge is 0.273 e. The van der Waals surface area contributed by atoms with E-state index in [1.165, 1.54) is 12.1 Å². The average molecular weight is 337 g/mol. The second-order valence-electron chi connectivity index (χ2n) is 6.09. The number of carbonyl (C=O) groups excluding carboxylic acids is 2. The van der Waals surface area contributed by atoms with Gasteiger partial charge in [-0.15, -0.1) is 0 Å². The number of carbonyl (C=O) groups is 2. The van der Waals surface area contributed by atoms with E-state index in [0.717, 1.165) is 25.7 Å².